The summed E-state index contributed by atoms with van der Waals surface area (Å²) in [6.07, 6.45) is 71.3. The summed E-state index contributed by atoms with van der Waals surface area (Å²) in [6.45, 7) is 7.78. The van der Waals surface area contributed by atoms with Gasteiger partial charge in [-0.2, -0.15) is 0 Å². The van der Waals surface area contributed by atoms with Gasteiger partial charge in [0.15, 0.2) is 6.10 Å². The highest BCUT2D eigenvalue weighted by Crippen LogP contribution is 2.16. The van der Waals surface area contributed by atoms with Crippen LogP contribution < -0.4 is 0 Å². The van der Waals surface area contributed by atoms with Crippen LogP contribution in [0, 0.1) is 0 Å². The molecule has 0 aromatic carbocycles. The number of esters is 2. The molecule has 0 fully saturated rings. The van der Waals surface area contributed by atoms with Crippen LogP contribution in [0.2, 0.25) is 0 Å². The molecule has 0 aliphatic rings. The van der Waals surface area contributed by atoms with E-state index in [1.165, 1.54) is 212 Å². The standard InChI is InChI=1S/C61H112O5/c1-4-7-10-13-16-19-22-25-27-29-31-32-34-37-39-42-45-48-51-54-60(62)65-58-59(66-61(63)55-52-49-46-43-40-36-24-21-18-15-12-9-6-3)57-64-56-53-50-47-44-41-38-35-33-30-28-26-23-20-17-14-11-8-5-2/h12,15-16,19,21,24-25,27,59H,4-11,13-14,17-18,20,22-23,26,28-58H2,1-3H3/b15-12-,19-16-,24-21-,27-25-. The van der Waals surface area contributed by atoms with Crippen molar-refractivity contribution in [1.29, 1.82) is 0 Å². The minimum absolute atomic E-state index is 0.0809. The van der Waals surface area contributed by atoms with E-state index in [4.69, 9.17) is 14.2 Å². The Morgan fingerprint density at radius 1 is 0.333 bits per heavy atom. The van der Waals surface area contributed by atoms with Crippen LogP contribution in [0.1, 0.15) is 303 Å². The SMILES string of the molecule is CCC/C=C\C/C=C\CCCCCCCC(=O)OC(COCCCCCCCCCCCCCCCCCCCC)COC(=O)CCCCCCCCCCC/C=C\C/C=C\CCCCC. The number of unbranched alkanes of at least 4 members (excludes halogenated alkanes) is 35. The number of rotatable bonds is 54. The fourth-order valence-corrected chi connectivity index (χ4v) is 8.46. The van der Waals surface area contributed by atoms with Crippen molar-refractivity contribution < 1.29 is 23.8 Å². The Bertz CT molecular complexity index is 1090. The van der Waals surface area contributed by atoms with E-state index in [0.29, 0.717) is 19.4 Å². The van der Waals surface area contributed by atoms with Crippen LogP contribution in [0.5, 0.6) is 0 Å². The van der Waals surface area contributed by atoms with Crippen molar-refractivity contribution in [2.24, 2.45) is 0 Å². The van der Waals surface area contributed by atoms with Gasteiger partial charge in [-0.15, -0.1) is 0 Å². The van der Waals surface area contributed by atoms with Gasteiger partial charge in [-0.3, -0.25) is 9.59 Å². The van der Waals surface area contributed by atoms with Crippen LogP contribution in [-0.4, -0.2) is 37.9 Å². The van der Waals surface area contributed by atoms with E-state index < -0.39 is 6.10 Å². The van der Waals surface area contributed by atoms with Crippen molar-refractivity contribution in [1.82, 2.24) is 0 Å². The lowest BCUT2D eigenvalue weighted by Crippen LogP contribution is -2.30. The molecule has 0 saturated carbocycles. The van der Waals surface area contributed by atoms with Gasteiger partial charge in [0.1, 0.15) is 6.61 Å². The molecule has 0 heterocycles. The molecule has 1 unspecified atom stereocenters. The third-order valence-corrected chi connectivity index (χ3v) is 12.8. The molecule has 66 heavy (non-hydrogen) atoms. The summed E-state index contributed by atoms with van der Waals surface area (Å²) in [5.41, 5.74) is 0. The minimum Gasteiger partial charge on any atom is -0.462 e. The highest BCUT2D eigenvalue weighted by Gasteiger charge is 2.17. The Balaban J connectivity index is 4.22. The fourth-order valence-electron chi connectivity index (χ4n) is 8.46. The van der Waals surface area contributed by atoms with Crippen LogP contribution in [0.3, 0.4) is 0 Å². The van der Waals surface area contributed by atoms with Crippen molar-refractivity contribution in [2.45, 2.75) is 309 Å². The third kappa shape index (κ3) is 54.5. The van der Waals surface area contributed by atoms with Gasteiger partial charge >= 0.3 is 11.9 Å². The zero-order valence-electron chi connectivity index (χ0n) is 44.5. The quantitative estimate of drug-likeness (QED) is 0.0345. The maximum atomic E-state index is 12.8. The van der Waals surface area contributed by atoms with E-state index in [-0.39, 0.29) is 25.2 Å². The van der Waals surface area contributed by atoms with E-state index >= 15 is 0 Å². The average molecular weight is 926 g/mol. The summed E-state index contributed by atoms with van der Waals surface area (Å²) >= 11 is 0. The van der Waals surface area contributed by atoms with Crippen molar-refractivity contribution in [2.75, 3.05) is 19.8 Å². The lowest BCUT2D eigenvalue weighted by Gasteiger charge is -2.18. The molecule has 5 heteroatoms. The van der Waals surface area contributed by atoms with E-state index in [2.05, 4.69) is 69.4 Å². The van der Waals surface area contributed by atoms with E-state index in [1.54, 1.807) is 0 Å². The molecule has 5 nitrogen and oxygen atoms in total. The van der Waals surface area contributed by atoms with Crippen LogP contribution in [-0.2, 0) is 23.8 Å². The largest absolute Gasteiger partial charge is 0.462 e. The molecule has 0 aliphatic heterocycles. The van der Waals surface area contributed by atoms with Crippen LogP contribution in [0.25, 0.3) is 0 Å². The minimum atomic E-state index is -0.543. The van der Waals surface area contributed by atoms with Gasteiger partial charge in [0.25, 0.3) is 0 Å². The van der Waals surface area contributed by atoms with E-state index in [9.17, 15) is 9.59 Å². The third-order valence-electron chi connectivity index (χ3n) is 12.8. The topological polar surface area (TPSA) is 61.8 Å². The molecule has 0 saturated heterocycles. The van der Waals surface area contributed by atoms with Gasteiger partial charge < -0.3 is 14.2 Å². The highest BCUT2D eigenvalue weighted by atomic mass is 16.6. The Hall–Kier alpha value is -2.14. The first-order chi connectivity index (χ1) is 32.6. The molecule has 0 aliphatic carbocycles. The first-order valence-electron chi connectivity index (χ1n) is 29.2. The Kier molecular flexibility index (Phi) is 55.3. The smallest absolute Gasteiger partial charge is 0.306 e. The maximum absolute atomic E-state index is 12.8. The number of carbonyl (C=O) groups excluding carboxylic acids is 2. The molecule has 0 radical (unpaired) electrons. The molecule has 0 aromatic heterocycles. The summed E-state index contributed by atoms with van der Waals surface area (Å²) in [6, 6.07) is 0. The van der Waals surface area contributed by atoms with Crippen molar-refractivity contribution in [3.8, 4) is 0 Å². The van der Waals surface area contributed by atoms with Gasteiger partial charge in [0.05, 0.1) is 6.61 Å². The van der Waals surface area contributed by atoms with Gasteiger partial charge in [0, 0.05) is 19.4 Å². The summed E-state index contributed by atoms with van der Waals surface area (Å²) in [4.78, 5) is 25.5. The first kappa shape index (κ1) is 63.9. The van der Waals surface area contributed by atoms with Crippen LogP contribution in [0.4, 0.5) is 0 Å². The normalized spacial score (nSPS) is 12.5. The van der Waals surface area contributed by atoms with Crippen molar-refractivity contribution >= 4 is 11.9 Å². The predicted molar refractivity (Wildman–Crippen MR) is 288 cm³/mol. The summed E-state index contributed by atoms with van der Waals surface area (Å²) in [5.74, 6) is -0.403. The lowest BCUT2D eigenvalue weighted by molar-refractivity contribution is -0.163. The maximum Gasteiger partial charge on any atom is 0.306 e. The first-order valence-corrected chi connectivity index (χ1v) is 29.2. The summed E-state index contributed by atoms with van der Waals surface area (Å²) in [5, 5.41) is 0. The van der Waals surface area contributed by atoms with E-state index in [0.717, 1.165) is 57.8 Å². The molecule has 0 N–H and O–H groups in total. The lowest BCUT2D eigenvalue weighted by atomic mass is 10.0. The van der Waals surface area contributed by atoms with Crippen molar-refractivity contribution in [3.63, 3.8) is 0 Å². The fraction of sp³-hybridized carbons (Fsp3) is 0.836. The number of ether oxygens (including phenoxy) is 3. The molecule has 0 aromatic rings. The average Bonchev–Trinajstić information content (AvgIpc) is 3.32. The second kappa shape index (κ2) is 57.2. The summed E-state index contributed by atoms with van der Waals surface area (Å²) in [7, 11) is 0. The molecular formula is C61H112O5. The Morgan fingerprint density at radius 3 is 1.09 bits per heavy atom. The number of allylic oxidation sites excluding steroid dienone is 8. The number of hydrogen-bond acceptors (Lipinski definition) is 5. The second-order valence-corrected chi connectivity index (χ2v) is 19.5. The molecule has 0 spiro atoms. The molecule has 0 bridgehead atoms. The number of hydrogen-bond donors (Lipinski definition) is 0. The molecule has 0 rings (SSSR count). The van der Waals surface area contributed by atoms with E-state index in [1.807, 2.05) is 0 Å². The van der Waals surface area contributed by atoms with Gasteiger partial charge in [0.2, 0.25) is 0 Å². The van der Waals surface area contributed by atoms with Gasteiger partial charge in [-0.1, -0.05) is 262 Å². The van der Waals surface area contributed by atoms with Crippen LogP contribution in [0.15, 0.2) is 48.6 Å². The van der Waals surface area contributed by atoms with Crippen molar-refractivity contribution in [3.05, 3.63) is 48.6 Å². The van der Waals surface area contributed by atoms with Gasteiger partial charge in [-0.05, 0) is 77.0 Å². The second-order valence-electron chi connectivity index (χ2n) is 19.5. The Morgan fingerprint density at radius 2 is 0.667 bits per heavy atom. The molecule has 386 valence electrons. The van der Waals surface area contributed by atoms with Gasteiger partial charge in [-0.25, -0.2) is 0 Å². The zero-order valence-corrected chi connectivity index (χ0v) is 44.5. The monoisotopic (exact) mass is 925 g/mol. The molecule has 0 amide bonds. The molecule has 1 atom stereocenters. The zero-order chi connectivity index (χ0) is 47.7. The Labute approximate surface area is 412 Å². The van der Waals surface area contributed by atoms with Crippen LogP contribution >= 0.6 is 0 Å². The molecular weight excluding hydrogens is 813 g/mol. The highest BCUT2D eigenvalue weighted by molar-refractivity contribution is 5.70. The summed E-state index contributed by atoms with van der Waals surface area (Å²) < 4.78 is 17.5. The number of carbonyl (C=O) groups is 2. The predicted octanol–water partition coefficient (Wildman–Crippen LogP) is 19.9.